The number of hydrogen-bond donors (Lipinski definition) is 0. The van der Waals surface area contributed by atoms with Crippen molar-refractivity contribution in [3.8, 4) is 84.4 Å². The van der Waals surface area contributed by atoms with Gasteiger partial charge in [-0.2, -0.15) is 0 Å². The van der Waals surface area contributed by atoms with Crippen molar-refractivity contribution in [1.82, 2.24) is 19.5 Å². The highest BCUT2D eigenvalue weighted by Gasteiger charge is 2.17. The van der Waals surface area contributed by atoms with Crippen molar-refractivity contribution < 1.29 is 0 Å². The minimum absolute atomic E-state index is 0.620. The summed E-state index contributed by atoms with van der Waals surface area (Å²) in [6.45, 7) is 0. The minimum atomic E-state index is 0.620. The smallest absolute Gasteiger partial charge is 0.164 e. The molecule has 11 rings (SSSR count). The van der Waals surface area contributed by atoms with E-state index in [2.05, 4.69) is 211 Å². The summed E-state index contributed by atoms with van der Waals surface area (Å²) < 4.78 is 2.37. The molecule has 0 spiro atoms. The molecule has 4 heteroatoms. The molecule has 2 aromatic heterocycles. The van der Waals surface area contributed by atoms with Crippen LogP contribution in [0.25, 0.3) is 106 Å². The second kappa shape index (κ2) is 15.5. The molecule has 286 valence electrons. The van der Waals surface area contributed by atoms with Crippen LogP contribution in [0, 0.1) is 0 Å². The van der Waals surface area contributed by atoms with Crippen molar-refractivity contribution in [1.29, 1.82) is 0 Å². The average molecular weight is 779 g/mol. The Bertz CT molecular complexity index is 3320. The average Bonchev–Trinajstić information content (AvgIpc) is 3.68. The van der Waals surface area contributed by atoms with Crippen LogP contribution in [0.15, 0.2) is 231 Å². The summed E-state index contributed by atoms with van der Waals surface area (Å²) in [7, 11) is 0. The fraction of sp³-hybridized carbons (Fsp3) is 0. The van der Waals surface area contributed by atoms with Gasteiger partial charge in [0.2, 0.25) is 0 Å². The maximum atomic E-state index is 5.17. The molecule has 0 bridgehead atoms. The van der Waals surface area contributed by atoms with Crippen molar-refractivity contribution in [3.05, 3.63) is 231 Å². The monoisotopic (exact) mass is 778 g/mol. The number of nitrogens with zero attached hydrogens (tertiary/aromatic N) is 4. The molecule has 61 heavy (non-hydrogen) atoms. The molecule has 0 N–H and O–H groups in total. The van der Waals surface area contributed by atoms with Gasteiger partial charge in [0.1, 0.15) is 0 Å². The van der Waals surface area contributed by atoms with E-state index in [1.807, 2.05) is 24.3 Å². The van der Waals surface area contributed by atoms with Crippen LogP contribution in [-0.2, 0) is 0 Å². The molecule has 4 nitrogen and oxygen atoms in total. The molecule has 0 radical (unpaired) electrons. The maximum absolute atomic E-state index is 5.17. The maximum Gasteiger partial charge on any atom is 0.164 e. The Morgan fingerprint density at radius 2 is 0.607 bits per heavy atom. The van der Waals surface area contributed by atoms with Crippen LogP contribution in [-0.4, -0.2) is 19.5 Å². The van der Waals surface area contributed by atoms with Crippen molar-refractivity contribution in [2.45, 2.75) is 0 Å². The molecule has 0 amide bonds. The van der Waals surface area contributed by atoms with E-state index >= 15 is 0 Å². The van der Waals surface area contributed by atoms with Crippen LogP contribution in [0.1, 0.15) is 0 Å². The number of fused-ring (bicyclic) bond motifs is 3. The van der Waals surface area contributed by atoms with Gasteiger partial charge >= 0.3 is 0 Å². The van der Waals surface area contributed by atoms with E-state index in [1.165, 1.54) is 38.6 Å². The molecule has 0 saturated heterocycles. The van der Waals surface area contributed by atoms with Crippen molar-refractivity contribution >= 4 is 21.8 Å². The largest absolute Gasteiger partial charge is 0.309 e. The highest BCUT2D eigenvalue weighted by molar-refractivity contribution is 6.10. The molecule has 9 aromatic carbocycles. The van der Waals surface area contributed by atoms with E-state index < -0.39 is 0 Å². The second-order valence-corrected chi connectivity index (χ2v) is 15.3. The van der Waals surface area contributed by atoms with Crippen molar-refractivity contribution in [3.63, 3.8) is 0 Å². The Hall–Kier alpha value is -8.21. The van der Waals surface area contributed by atoms with E-state index in [0.717, 1.165) is 50.1 Å². The van der Waals surface area contributed by atoms with Gasteiger partial charge in [-0.1, -0.05) is 200 Å². The molecule has 2 heterocycles. The zero-order valence-corrected chi connectivity index (χ0v) is 33.2. The van der Waals surface area contributed by atoms with E-state index in [1.54, 1.807) is 0 Å². The number of aromatic nitrogens is 4. The lowest BCUT2D eigenvalue weighted by atomic mass is 9.99. The second-order valence-electron chi connectivity index (χ2n) is 15.3. The van der Waals surface area contributed by atoms with Crippen LogP contribution >= 0.6 is 0 Å². The predicted octanol–water partition coefficient (Wildman–Crippen LogP) is 14.6. The fourth-order valence-electron chi connectivity index (χ4n) is 8.37. The SMILES string of the molecule is c1ccc(-c2ccc(-c3ccc(-c4nc(-c5ccccc5)nc(-c5ccc6c7ccccc7n(-c7cccc(-c8cccc(-c9ccccc9)c8)c7)c6c5)n4)cc3)cc2)cc1. The highest BCUT2D eigenvalue weighted by atomic mass is 15.0. The van der Waals surface area contributed by atoms with Gasteiger partial charge in [-0.3, -0.25) is 0 Å². The first-order valence-corrected chi connectivity index (χ1v) is 20.6. The third-order valence-corrected chi connectivity index (χ3v) is 11.5. The summed E-state index contributed by atoms with van der Waals surface area (Å²) in [5.41, 5.74) is 15.5. The Morgan fingerprint density at radius 3 is 1.21 bits per heavy atom. The molecule has 0 aliphatic rings. The van der Waals surface area contributed by atoms with Crippen LogP contribution in [0.4, 0.5) is 0 Å². The lowest BCUT2D eigenvalue weighted by Gasteiger charge is -2.12. The van der Waals surface area contributed by atoms with Gasteiger partial charge < -0.3 is 4.57 Å². The van der Waals surface area contributed by atoms with Crippen LogP contribution in [0.5, 0.6) is 0 Å². The van der Waals surface area contributed by atoms with Crippen LogP contribution in [0.2, 0.25) is 0 Å². The molecular formula is C57H38N4. The number of hydrogen-bond acceptors (Lipinski definition) is 3. The van der Waals surface area contributed by atoms with Crippen LogP contribution in [0.3, 0.4) is 0 Å². The number of para-hydroxylation sites is 1. The normalized spacial score (nSPS) is 11.3. The lowest BCUT2D eigenvalue weighted by Crippen LogP contribution is -2.00. The molecule has 0 aliphatic carbocycles. The fourth-order valence-corrected chi connectivity index (χ4v) is 8.37. The quantitative estimate of drug-likeness (QED) is 0.154. The lowest BCUT2D eigenvalue weighted by molar-refractivity contribution is 1.07. The predicted molar refractivity (Wildman–Crippen MR) is 252 cm³/mol. The van der Waals surface area contributed by atoms with Gasteiger partial charge in [0, 0.05) is 33.2 Å². The summed E-state index contributed by atoms with van der Waals surface area (Å²) in [6.07, 6.45) is 0. The van der Waals surface area contributed by atoms with Gasteiger partial charge in [0.15, 0.2) is 17.5 Å². The third-order valence-electron chi connectivity index (χ3n) is 11.5. The van der Waals surface area contributed by atoms with Gasteiger partial charge in [-0.25, -0.2) is 15.0 Å². The van der Waals surface area contributed by atoms with Gasteiger partial charge in [0.25, 0.3) is 0 Å². The van der Waals surface area contributed by atoms with E-state index in [0.29, 0.717) is 17.5 Å². The van der Waals surface area contributed by atoms with Gasteiger partial charge in [0.05, 0.1) is 11.0 Å². The number of benzene rings is 9. The van der Waals surface area contributed by atoms with E-state index in [4.69, 9.17) is 15.0 Å². The minimum Gasteiger partial charge on any atom is -0.309 e. The van der Waals surface area contributed by atoms with Gasteiger partial charge in [-0.15, -0.1) is 0 Å². The zero-order valence-electron chi connectivity index (χ0n) is 33.2. The standard InChI is InChI=1S/C57H38N4/c1-4-14-39(15-5-1)41-26-28-42(29-27-41)43-30-32-45(33-31-43)56-58-55(44-18-8-3-9-19-44)59-57(60-56)49-34-35-52-51-24-10-11-25-53(51)61(54(52)38-49)50-23-13-22-48(37-50)47-21-12-20-46(36-47)40-16-6-2-7-17-40/h1-38H. The third kappa shape index (κ3) is 6.96. The molecule has 0 aliphatic heterocycles. The zero-order chi connectivity index (χ0) is 40.5. The summed E-state index contributed by atoms with van der Waals surface area (Å²) in [5.74, 6) is 1.88. The molecular weight excluding hydrogens is 741 g/mol. The highest BCUT2D eigenvalue weighted by Crippen LogP contribution is 2.37. The first-order chi connectivity index (χ1) is 30.2. The molecule has 0 unspecified atom stereocenters. The van der Waals surface area contributed by atoms with Crippen molar-refractivity contribution in [2.75, 3.05) is 0 Å². The summed E-state index contributed by atoms with van der Waals surface area (Å²) in [6, 6.07) is 81.2. The van der Waals surface area contributed by atoms with Crippen molar-refractivity contribution in [2.24, 2.45) is 0 Å². The molecule has 0 atom stereocenters. The van der Waals surface area contributed by atoms with E-state index in [9.17, 15) is 0 Å². The van der Waals surface area contributed by atoms with Gasteiger partial charge in [-0.05, 0) is 74.8 Å². The first kappa shape index (κ1) is 35.9. The Morgan fingerprint density at radius 1 is 0.230 bits per heavy atom. The topological polar surface area (TPSA) is 43.6 Å². The summed E-state index contributed by atoms with van der Waals surface area (Å²) in [5, 5.41) is 2.36. The Labute approximate surface area is 354 Å². The summed E-state index contributed by atoms with van der Waals surface area (Å²) >= 11 is 0. The van der Waals surface area contributed by atoms with Crippen LogP contribution < -0.4 is 0 Å². The summed E-state index contributed by atoms with van der Waals surface area (Å²) in [4.78, 5) is 15.3. The first-order valence-electron chi connectivity index (χ1n) is 20.6. The Kier molecular flexibility index (Phi) is 9.14. The molecule has 0 fully saturated rings. The molecule has 0 saturated carbocycles. The molecule has 11 aromatic rings. The number of rotatable bonds is 8. The van der Waals surface area contributed by atoms with E-state index in [-0.39, 0.29) is 0 Å². The Balaban J connectivity index is 0.998.